The fourth-order valence-corrected chi connectivity index (χ4v) is 2.73. The number of ether oxygens (including phenoxy) is 1. The molecule has 0 aromatic heterocycles. The number of halogens is 1. The Labute approximate surface area is 138 Å². The molecule has 3 aromatic carbocycles. The van der Waals surface area contributed by atoms with Crippen LogP contribution in [0, 0.1) is 0 Å². The summed E-state index contributed by atoms with van der Waals surface area (Å²) in [6.07, 6.45) is 0. The van der Waals surface area contributed by atoms with E-state index in [4.69, 9.17) is 4.74 Å². The topological polar surface area (TPSA) is 29.5 Å². The quantitative estimate of drug-likeness (QED) is 0.679. The Hall–Kier alpha value is -2.26. The highest BCUT2D eigenvalue weighted by Crippen LogP contribution is 2.30. The van der Waals surface area contributed by atoms with Gasteiger partial charge >= 0.3 is 0 Å². The van der Waals surface area contributed by atoms with Crippen LogP contribution in [0.3, 0.4) is 0 Å². The molecule has 0 radical (unpaired) electrons. The zero-order chi connectivity index (χ0) is 15.4. The smallest absolute Gasteiger partial charge is 0.120 e. The van der Waals surface area contributed by atoms with Crippen molar-refractivity contribution in [3.8, 4) is 22.6 Å². The van der Waals surface area contributed by atoms with Gasteiger partial charge in [-0.05, 0) is 47.0 Å². The fourth-order valence-electron chi connectivity index (χ4n) is 2.25. The predicted molar refractivity (Wildman–Crippen MR) is 92.0 cm³/mol. The van der Waals surface area contributed by atoms with E-state index in [-0.39, 0.29) is 5.75 Å². The SMILES string of the molecule is Oc1cc(Br)cc(-c2cccc(OCc3ccccc3)c2)c1. The Bertz CT molecular complexity index is 749. The summed E-state index contributed by atoms with van der Waals surface area (Å²) in [6, 6.07) is 23.3. The molecule has 0 aliphatic rings. The number of aromatic hydroxyl groups is 1. The predicted octanol–water partition coefficient (Wildman–Crippen LogP) is 5.40. The second kappa shape index (κ2) is 6.67. The summed E-state index contributed by atoms with van der Waals surface area (Å²) in [6.45, 7) is 0.536. The molecule has 3 rings (SSSR count). The zero-order valence-electron chi connectivity index (χ0n) is 11.9. The molecule has 0 aliphatic heterocycles. The molecule has 0 unspecified atom stereocenters. The van der Waals surface area contributed by atoms with Gasteiger partial charge in [-0.25, -0.2) is 0 Å². The summed E-state index contributed by atoms with van der Waals surface area (Å²) < 4.78 is 6.69. The molecule has 0 saturated carbocycles. The van der Waals surface area contributed by atoms with Crippen LogP contribution in [0.4, 0.5) is 0 Å². The van der Waals surface area contributed by atoms with Gasteiger partial charge in [-0.15, -0.1) is 0 Å². The molecule has 0 atom stereocenters. The molecule has 0 spiro atoms. The highest BCUT2D eigenvalue weighted by atomic mass is 79.9. The molecular weight excluding hydrogens is 340 g/mol. The van der Waals surface area contributed by atoms with Gasteiger partial charge in [-0.2, -0.15) is 0 Å². The highest BCUT2D eigenvalue weighted by Gasteiger charge is 2.04. The monoisotopic (exact) mass is 354 g/mol. The molecule has 1 N–H and O–H groups in total. The normalized spacial score (nSPS) is 10.4. The first-order valence-corrected chi connectivity index (χ1v) is 7.77. The Kier molecular flexibility index (Phi) is 4.45. The van der Waals surface area contributed by atoms with Crippen LogP contribution in [-0.2, 0) is 6.61 Å². The lowest BCUT2D eigenvalue weighted by Gasteiger charge is -2.09. The third kappa shape index (κ3) is 3.68. The third-order valence-corrected chi connectivity index (χ3v) is 3.76. The summed E-state index contributed by atoms with van der Waals surface area (Å²) in [5, 5.41) is 9.72. The number of phenols is 1. The Balaban J connectivity index is 1.80. The lowest BCUT2D eigenvalue weighted by Crippen LogP contribution is -1.95. The molecule has 110 valence electrons. The lowest BCUT2D eigenvalue weighted by molar-refractivity contribution is 0.306. The maximum absolute atomic E-state index is 9.72. The second-order valence-corrected chi connectivity index (χ2v) is 5.92. The Morgan fingerprint density at radius 2 is 1.64 bits per heavy atom. The van der Waals surface area contributed by atoms with Gasteiger partial charge in [-0.1, -0.05) is 58.4 Å². The summed E-state index contributed by atoms with van der Waals surface area (Å²) in [7, 11) is 0. The van der Waals surface area contributed by atoms with Crippen LogP contribution in [0.15, 0.2) is 77.3 Å². The third-order valence-electron chi connectivity index (χ3n) is 3.30. The van der Waals surface area contributed by atoms with Crippen molar-refractivity contribution >= 4 is 15.9 Å². The maximum Gasteiger partial charge on any atom is 0.120 e. The van der Waals surface area contributed by atoms with Crippen molar-refractivity contribution in [2.75, 3.05) is 0 Å². The van der Waals surface area contributed by atoms with Crippen LogP contribution in [0.25, 0.3) is 11.1 Å². The van der Waals surface area contributed by atoms with Crippen LogP contribution in [-0.4, -0.2) is 5.11 Å². The van der Waals surface area contributed by atoms with E-state index in [1.165, 1.54) is 0 Å². The van der Waals surface area contributed by atoms with Crippen LogP contribution in [0.2, 0.25) is 0 Å². The summed E-state index contributed by atoms with van der Waals surface area (Å²) >= 11 is 3.40. The molecule has 0 amide bonds. The zero-order valence-corrected chi connectivity index (χ0v) is 13.5. The van der Waals surface area contributed by atoms with E-state index in [0.717, 1.165) is 26.9 Å². The molecule has 0 aliphatic carbocycles. The van der Waals surface area contributed by atoms with Gasteiger partial charge in [0.15, 0.2) is 0 Å². The van der Waals surface area contributed by atoms with Crippen molar-refractivity contribution in [3.63, 3.8) is 0 Å². The number of hydrogen-bond donors (Lipinski definition) is 1. The number of hydrogen-bond acceptors (Lipinski definition) is 2. The lowest BCUT2D eigenvalue weighted by atomic mass is 10.1. The standard InChI is InChI=1S/C19H15BrO2/c20-17-9-16(10-18(21)12-17)15-7-4-8-19(11-15)22-13-14-5-2-1-3-6-14/h1-12,21H,13H2. The van der Waals surface area contributed by atoms with E-state index >= 15 is 0 Å². The summed E-state index contributed by atoms with van der Waals surface area (Å²) in [4.78, 5) is 0. The number of rotatable bonds is 4. The van der Waals surface area contributed by atoms with E-state index in [0.29, 0.717) is 6.61 Å². The van der Waals surface area contributed by atoms with E-state index in [2.05, 4.69) is 15.9 Å². The largest absolute Gasteiger partial charge is 0.508 e. The first-order valence-electron chi connectivity index (χ1n) is 6.97. The number of benzene rings is 3. The molecule has 3 aromatic rings. The van der Waals surface area contributed by atoms with Gasteiger partial charge in [0.25, 0.3) is 0 Å². The molecule has 3 heteroatoms. The van der Waals surface area contributed by atoms with Crippen molar-refractivity contribution in [2.24, 2.45) is 0 Å². The fraction of sp³-hybridized carbons (Fsp3) is 0.0526. The average Bonchev–Trinajstić information content (AvgIpc) is 2.53. The second-order valence-electron chi connectivity index (χ2n) is 5.00. The van der Waals surface area contributed by atoms with Gasteiger partial charge in [0.1, 0.15) is 18.1 Å². The molecule has 0 bridgehead atoms. The van der Waals surface area contributed by atoms with E-state index in [9.17, 15) is 5.11 Å². The van der Waals surface area contributed by atoms with Crippen molar-refractivity contribution in [1.29, 1.82) is 0 Å². The van der Waals surface area contributed by atoms with Gasteiger partial charge in [0.2, 0.25) is 0 Å². The minimum atomic E-state index is 0.236. The van der Waals surface area contributed by atoms with Gasteiger partial charge in [0.05, 0.1) is 0 Å². The number of phenolic OH excluding ortho intramolecular Hbond substituents is 1. The molecule has 0 fully saturated rings. The Morgan fingerprint density at radius 3 is 2.41 bits per heavy atom. The highest BCUT2D eigenvalue weighted by molar-refractivity contribution is 9.10. The average molecular weight is 355 g/mol. The van der Waals surface area contributed by atoms with Gasteiger partial charge in [-0.3, -0.25) is 0 Å². The first-order chi connectivity index (χ1) is 10.7. The minimum absolute atomic E-state index is 0.236. The van der Waals surface area contributed by atoms with E-state index in [1.54, 1.807) is 12.1 Å². The summed E-state index contributed by atoms with van der Waals surface area (Å²) in [5.74, 6) is 1.04. The molecular formula is C19H15BrO2. The van der Waals surface area contributed by atoms with Crippen molar-refractivity contribution in [1.82, 2.24) is 0 Å². The summed E-state index contributed by atoms with van der Waals surface area (Å²) in [5.41, 5.74) is 3.08. The van der Waals surface area contributed by atoms with Crippen LogP contribution in [0.5, 0.6) is 11.5 Å². The van der Waals surface area contributed by atoms with Crippen molar-refractivity contribution in [3.05, 3.63) is 82.8 Å². The molecule has 0 heterocycles. The van der Waals surface area contributed by atoms with Gasteiger partial charge in [0, 0.05) is 4.47 Å². The van der Waals surface area contributed by atoms with Crippen LogP contribution >= 0.6 is 15.9 Å². The molecule has 2 nitrogen and oxygen atoms in total. The molecule has 22 heavy (non-hydrogen) atoms. The van der Waals surface area contributed by atoms with Crippen LogP contribution < -0.4 is 4.74 Å². The maximum atomic E-state index is 9.72. The first kappa shape index (κ1) is 14.7. The van der Waals surface area contributed by atoms with E-state index < -0.39 is 0 Å². The minimum Gasteiger partial charge on any atom is -0.508 e. The van der Waals surface area contributed by atoms with E-state index in [1.807, 2.05) is 60.7 Å². The Morgan fingerprint density at radius 1 is 0.818 bits per heavy atom. The van der Waals surface area contributed by atoms with Crippen molar-refractivity contribution < 1.29 is 9.84 Å². The van der Waals surface area contributed by atoms with Crippen LogP contribution in [0.1, 0.15) is 5.56 Å². The van der Waals surface area contributed by atoms with Crippen molar-refractivity contribution in [2.45, 2.75) is 6.61 Å². The molecule has 0 saturated heterocycles. The van der Waals surface area contributed by atoms with Gasteiger partial charge < -0.3 is 9.84 Å².